The molecule has 1 unspecified atom stereocenters. The van der Waals surface area contributed by atoms with E-state index in [1.54, 1.807) is 12.1 Å². The van der Waals surface area contributed by atoms with Gasteiger partial charge in [0.2, 0.25) is 0 Å². The smallest absolute Gasteiger partial charge is 0.325 e. The highest BCUT2D eigenvalue weighted by Crippen LogP contribution is 2.41. The molecule has 5 heteroatoms. The Labute approximate surface area is 192 Å². The van der Waals surface area contributed by atoms with Gasteiger partial charge in [0.1, 0.15) is 11.5 Å². The first kappa shape index (κ1) is 23.9. The SMILES string of the molecule is C=C/C=C(\C=C/C)N1CCN(CC(=O)Oc2cc(C)cc(O)c2C2C=C(C)CCC2)CC1. The summed E-state index contributed by atoms with van der Waals surface area (Å²) in [6.45, 7) is 13.3. The minimum absolute atomic E-state index is 0.0809. The van der Waals surface area contributed by atoms with E-state index in [1.165, 1.54) is 5.57 Å². The van der Waals surface area contributed by atoms with Crippen LogP contribution in [0.2, 0.25) is 0 Å². The van der Waals surface area contributed by atoms with Gasteiger partial charge in [-0.3, -0.25) is 9.69 Å². The van der Waals surface area contributed by atoms with E-state index < -0.39 is 0 Å². The minimum atomic E-state index is -0.281. The molecule has 1 aliphatic heterocycles. The second-order valence-electron chi connectivity index (χ2n) is 8.77. The van der Waals surface area contributed by atoms with Crippen molar-refractivity contribution in [3.8, 4) is 11.5 Å². The number of piperazine rings is 1. The molecule has 3 rings (SSSR count). The van der Waals surface area contributed by atoms with E-state index >= 15 is 0 Å². The van der Waals surface area contributed by atoms with Gasteiger partial charge >= 0.3 is 5.97 Å². The Morgan fingerprint density at radius 2 is 2.00 bits per heavy atom. The van der Waals surface area contributed by atoms with E-state index in [0.717, 1.165) is 62.3 Å². The summed E-state index contributed by atoms with van der Waals surface area (Å²) in [5.74, 6) is 0.503. The lowest BCUT2D eigenvalue weighted by Gasteiger charge is -2.36. The van der Waals surface area contributed by atoms with Crippen molar-refractivity contribution in [2.45, 2.75) is 46.0 Å². The fourth-order valence-electron chi connectivity index (χ4n) is 4.60. The summed E-state index contributed by atoms with van der Waals surface area (Å²) in [7, 11) is 0. The Balaban J connectivity index is 1.65. The number of carbonyl (C=O) groups excluding carboxylic acids is 1. The van der Waals surface area contributed by atoms with Gasteiger partial charge < -0.3 is 14.7 Å². The molecule has 0 bridgehead atoms. The molecule has 0 radical (unpaired) electrons. The third-order valence-corrected chi connectivity index (χ3v) is 6.15. The van der Waals surface area contributed by atoms with Gasteiger partial charge in [-0.1, -0.05) is 30.4 Å². The van der Waals surface area contributed by atoms with Crippen molar-refractivity contribution in [3.63, 3.8) is 0 Å². The lowest BCUT2D eigenvalue weighted by Crippen LogP contribution is -2.47. The second kappa shape index (κ2) is 11.2. The lowest BCUT2D eigenvalue weighted by atomic mass is 9.85. The fraction of sp³-hybridized carbons (Fsp3) is 0.444. The van der Waals surface area contributed by atoms with Crippen LogP contribution in [0.3, 0.4) is 0 Å². The van der Waals surface area contributed by atoms with Crippen LogP contribution in [0, 0.1) is 6.92 Å². The standard InChI is InChI=1S/C27H36N2O3/c1-5-8-23(9-6-2)29-14-12-28(13-15-29)19-26(31)32-25-18-21(4)17-24(30)27(25)22-11-7-10-20(3)16-22/h5-6,8-9,16-18,22,30H,1,7,10-15,19H2,2-4H3/b9-6-,23-8+. The van der Waals surface area contributed by atoms with Crippen LogP contribution in [0.15, 0.2) is 60.4 Å². The van der Waals surface area contributed by atoms with Gasteiger partial charge in [-0.2, -0.15) is 0 Å². The maximum atomic E-state index is 12.8. The van der Waals surface area contributed by atoms with Gasteiger partial charge in [-0.05, 0) is 69.9 Å². The van der Waals surface area contributed by atoms with Crippen molar-refractivity contribution >= 4 is 5.97 Å². The number of allylic oxidation sites excluding steroid dienone is 6. The predicted octanol–water partition coefficient (Wildman–Crippen LogP) is 5.08. The quantitative estimate of drug-likeness (QED) is 0.279. The molecule has 32 heavy (non-hydrogen) atoms. The normalized spacial score (nSPS) is 20.3. The van der Waals surface area contributed by atoms with E-state index in [1.807, 2.05) is 32.1 Å². The molecule has 1 saturated heterocycles. The Kier molecular flexibility index (Phi) is 8.34. The number of carbonyl (C=O) groups is 1. The molecule has 1 aliphatic carbocycles. The van der Waals surface area contributed by atoms with Gasteiger partial charge in [0.15, 0.2) is 0 Å². The molecular formula is C27H36N2O3. The monoisotopic (exact) mass is 436 g/mol. The van der Waals surface area contributed by atoms with Crippen molar-refractivity contribution in [2.24, 2.45) is 0 Å². The molecule has 0 aromatic heterocycles. The number of aryl methyl sites for hydroxylation is 1. The zero-order valence-corrected chi connectivity index (χ0v) is 19.6. The number of benzene rings is 1. The van der Waals surface area contributed by atoms with Gasteiger partial charge in [0.25, 0.3) is 0 Å². The van der Waals surface area contributed by atoms with E-state index in [2.05, 4.69) is 35.5 Å². The number of phenolic OH excluding ortho intramolecular Hbond substituents is 1. The van der Waals surface area contributed by atoms with E-state index in [-0.39, 0.29) is 24.2 Å². The summed E-state index contributed by atoms with van der Waals surface area (Å²) in [5.41, 5.74) is 4.07. The maximum Gasteiger partial charge on any atom is 0.325 e. The summed E-state index contributed by atoms with van der Waals surface area (Å²) in [6, 6.07) is 3.62. The highest BCUT2D eigenvalue weighted by molar-refractivity contribution is 5.75. The van der Waals surface area contributed by atoms with Crippen LogP contribution in [-0.2, 0) is 4.79 Å². The lowest BCUT2D eigenvalue weighted by molar-refractivity contribution is -0.136. The molecule has 5 nitrogen and oxygen atoms in total. The first-order chi connectivity index (χ1) is 15.4. The van der Waals surface area contributed by atoms with Crippen molar-refractivity contribution in [2.75, 3.05) is 32.7 Å². The Morgan fingerprint density at radius 3 is 2.66 bits per heavy atom. The molecule has 172 valence electrons. The van der Waals surface area contributed by atoms with Crippen LogP contribution in [0.1, 0.15) is 50.2 Å². The Hall–Kier alpha value is -2.79. The van der Waals surface area contributed by atoms with Crippen LogP contribution in [-0.4, -0.2) is 53.6 Å². The molecule has 0 saturated carbocycles. The average Bonchev–Trinajstić information content (AvgIpc) is 2.73. The van der Waals surface area contributed by atoms with Gasteiger partial charge in [-0.25, -0.2) is 0 Å². The number of ether oxygens (including phenoxy) is 1. The average molecular weight is 437 g/mol. The molecule has 1 aromatic rings. The largest absolute Gasteiger partial charge is 0.507 e. The molecule has 1 fully saturated rings. The zero-order chi connectivity index (χ0) is 23.1. The number of nitrogens with zero attached hydrogens (tertiary/aromatic N) is 2. The number of esters is 1. The molecular weight excluding hydrogens is 400 g/mol. The van der Waals surface area contributed by atoms with Gasteiger partial charge in [-0.15, -0.1) is 0 Å². The summed E-state index contributed by atoms with van der Waals surface area (Å²) < 4.78 is 5.83. The summed E-state index contributed by atoms with van der Waals surface area (Å²) in [5, 5.41) is 10.7. The zero-order valence-electron chi connectivity index (χ0n) is 19.6. The molecule has 1 atom stereocenters. The Bertz CT molecular complexity index is 921. The molecule has 1 aromatic carbocycles. The highest BCUT2D eigenvalue weighted by Gasteiger charge is 2.25. The first-order valence-electron chi connectivity index (χ1n) is 11.6. The summed E-state index contributed by atoms with van der Waals surface area (Å²) >= 11 is 0. The van der Waals surface area contributed by atoms with E-state index in [9.17, 15) is 9.90 Å². The number of hydrogen-bond donors (Lipinski definition) is 1. The summed E-state index contributed by atoms with van der Waals surface area (Å²) in [6.07, 6.45) is 13.2. The van der Waals surface area contributed by atoms with Crippen LogP contribution in [0.25, 0.3) is 0 Å². The van der Waals surface area contributed by atoms with Gasteiger partial charge in [0.05, 0.1) is 6.54 Å². The molecule has 1 N–H and O–H groups in total. The van der Waals surface area contributed by atoms with Crippen LogP contribution >= 0.6 is 0 Å². The topological polar surface area (TPSA) is 53.0 Å². The number of hydrogen-bond acceptors (Lipinski definition) is 5. The third-order valence-electron chi connectivity index (χ3n) is 6.15. The Morgan fingerprint density at radius 1 is 1.25 bits per heavy atom. The molecule has 1 heterocycles. The second-order valence-corrected chi connectivity index (χ2v) is 8.77. The first-order valence-corrected chi connectivity index (χ1v) is 11.6. The van der Waals surface area contributed by atoms with E-state index in [4.69, 9.17) is 4.74 Å². The summed E-state index contributed by atoms with van der Waals surface area (Å²) in [4.78, 5) is 17.2. The van der Waals surface area contributed by atoms with Crippen molar-refractivity contribution < 1.29 is 14.6 Å². The minimum Gasteiger partial charge on any atom is -0.507 e. The number of rotatable bonds is 7. The number of aromatic hydroxyl groups is 1. The van der Waals surface area contributed by atoms with Crippen molar-refractivity contribution in [1.29, 1.82) is 0 Å². The predicted molar refractivity (Wildman–Crippen MR) is 130 cm³/mol. The van der Waals surface area contributed by atoms with Crippen LogP contribution in [0.4, 0.5) is 0 Å². The molecule has 0 spiro atoms. The molecule has 2 aliphatic rings. The van der Waals surface area contributed by atoms with Gasteiger partial charge in [0, 0.05) is 43.4 Å². The van der Waals surface area contributed by atoms with Crippen molar-refractivity contribution in [3.05, 3.63) is 71.5 Å². The highest BCUT2D eigenvalue weighted by atomic mass is 16.5. The fourth-order valence-corrected chi connectivity index (χ4v) is 4.60. The molecule has 0 amide bonds. The van der Waals surface area contributed by atoms with Crippen molar-refractivity contribution in [1.82, 2.24) is 9.80 Å². The number of phenols is 1. The van der Waals surface area contributed by atoms with Crippen LogP contribution in [0.5, 0.6) is 11.5 Å². The third kappa shape index (κ3) is 6.13. The van der Waals surface area contributed by atoms with E-state index in [0.29, 0.717) is 5.75 Å². The maximum absolute atomic E-state index is 12.8. The van der Waals surface area contributed by atoms with Crippen LogP contribution < -0.4 is 4.74 Å².